The van der Waals surface area contributed by atoms with Crippen LogP contribution in [0.2, 0.25) is 0 Å². The van der Waals surface area contributed by atoms with Crippen molar-refractivity contribution in [2.75, 3.05) is 0 Å². The average molecular weight is 286 g/mol. The Labute approximate surface area is 115 Å². The van der Waals surface area contributed by atoms with E-state index in [4.69, 9.17) is 4.74 Å². The molecule has 0 aliphatic heterocycles. The summed E-state index contributed by atoms with van der Waals surface area (Å²) in [5, 5.41) is 0. The van der Waals surface area contributed by atoms with Crippen LogP contribution in [0.25, 0.3) is 0 Å². The minimum absolute atomic E-state index is 0.0512. The predicted molar refractivity (Wildman–Crippen MR) is 68.3 cm³/mol. The molecule has 1 aromatic rings. The van der Waals surface area contributed by atoms with E-state index in [9.17, 15) is 18.0 Å². The van der Waals surface area contributed by atoms with Crippen LogP contribution < -0.4 is 0 Å². The van der Waals surface area contributed by atoms with Gasteiger partial charge in [-0.15, -0.1) is 0 Å². The van der Waals surface area contributed by atoms with Gasteiger partial charge in [-0.05, 0) is 43.9 Å². The summed E-state index contributed by atoms with van der Waals surface area (Å²) >= 11 is 0. The predicted octanol–water partition coefficient (Wildman–Crippen LogP) is 4.44. The third-order valence-corrected chi connectivity index (χ3v) is 3.78. The first-order chi connectivity index (χ1) is 9.38. The second kappa shape index (κ2) is 5.85. The van der Waals surface area contributed by atoms with Gasteiger partial charge in [0, 0.05) is 0 Å². The fraction of sp³-hybridized carbons (Fsp3) is 0.533. The first kappa shape index (κ1) is 14.9. The SMILES string of the molecule is CC(OC(=O)c1cccc(C(F)(F)F)c1)C1CCCC1. The quantitative estimate of drug-likeness (QED) is 0.768. The summed E-state index contributed by atoms with van der Waals surface area (Å²) in [5.41, 5.74) is -0.884. The van der Waals surface area contributed by atoms with Crippen molar-refractivity contribution in [3.8, 4) is 0 Å². The van der Waals surface area contributed by atoms with E-state index in [2.05, 4.69) is 0 Å². The summed E-state index contributed by atoms with van der Waals surface area (Å²) in [4.78, 5) is 11.9. The molecular formula is C15H17F3O2. The van der Waals surface area contributed by atoms with Gasteiger partial charge in [-0.1, -0.05) is 18.9 Å². The Kier molecular flexibility index (Phi) is 4.35. The fourth-order valence-corrected chi connectivity index (χ4v) is 2.58. The largest absolute Gasteiger partial charge is 0.459 e. The minimum Gasteiger partial charge on any atom is -0.459 e. The molecule has 0 N–H and O–H groups in total. The van der Waals surface area contributed by atoms with Gasteiger partial charge in [0.15, 0.2) is 0 Å². The highest BCUT2D eigenvalue weighted by Gasteiger charge is 2.31. The molecule has 2 rings (SSSR count). The molecule has 1 aliphatic carbocycles. The van der Waals surface area contributed by atoms with Gasteiger partial charge >= 0.3 is 12.1 Å². The summed E-state index contributed by atoms with van der Waals surface area (Å²) < 4.78 is 43.0. The van der Waals surface area contributed by atoms with Crippen LogP contribution in [-0.2, 0) is 10.9 Å². The van der Waals surface area contributed by atoms with E-state index in [0.29, 0.717) is 5.92 Å². The van der Waals surface area contributed by atoms with Crippen molar-refractivity contribution in [3.05, 3.63) is 35.4 Å². The second-order valence-corrected chi connectivity index (χ2v) is 5.23. The number of benzene rings is 1. The molecule has 0 radical (unpaired) electrons. The number of alkyl halides is 3. The molecular weight excluding hydrogens is 269 g/mol. The van der Waals surface area contributed by atoms with Crippen molar-refractivity contribution in [3.63, 3.8) is 0 Å². The fourth-order valence-electron chi connectivity index (χ4n) is 2.58. The van der Waals surface area contributed by atoms with E-state index in [0.717, 1.165) is 37.8 Å². The van der Waals surface area contributed by atoms with Crippen LogP contribution in [0.1, 0.15) is 48.5 Å². The Bertz CT molecular complexity index is 476. The molecule has 1 saturated carbocycles. The number of carbonyl (C=O) groups is 1. The Morgan fingerprint density at radius 3 is 2.55 bits per heavy atom. The molecule has 2 nitrogen and oxygen atoms in total. The topological polar surface area (TPSA) is 26.3 Å². The summed E-state index contributed by atoms with van der Waals surface area (Å²) in [7, 11) is 0. The first-order valence-corrected chi connectivity index (χ1v) is 6.76. The summed E-state index contributed by atoms with van der Waals surface area (Å²) in [6.45, 7) is 1.81. The van der Waals surface area contributed by atoms with Gasteiger partial charge < -0.3 is 4.74 Å². The summed E-state index contributed by atoms with van der Waals surface area (Å²) in [5.74, 6) is -0.361. The number of halogens is 3. The van der Waals surface area contributed by atoms with Crippen molar-refractivity contribution in [2.24, 2.45) is 5.92 Å². The van der Waals surface area contributed by atoms with Crippen molar-refractivity contribution in [1.82, 2.24) is 0 Å². The van der Waals surface area contributed by atoms with Crippen molar-refractivity contribution in [1.29, 1.82) is 0 Å². The molecule has 0 aromatic heterocycles. The highest BCUT2D eigenvalue weighted by Crippen LogP contribution is 2.31. The summed E-state index contributed by atoms with van der Waals surface area (Å²) in [6.07, 6.45) is -0.437. The zero-order valence-corrected chi connectivity index (χ0v) is 11.2. The van der Waals surface area contributed by atoms with Gasteiger partial charge in [0.2, 0.25) is 0 Å². The maximum absolute atomic E-state index is 12.6. The van der Waals surface area contributed by atoms with E-state index < -0.39 is 17.7 Å². The molecule has 1 aliphatic rings. The van der Waals surface area contributed by atoms with Gasteiger partial charge in [0.25, 0.3) is 0 Å². The number of ether oxygens (including phenoxy) is 1. The highest BCUT2D eigenvalue weighted by molar-refractivity contribution is 5.89. The highest BCUT2D eigenvalue weighted by atomic mass is 19.4. The zero-order chi connectivity index (χ0) is 14.8. The van der Waals surface area contributed by atoms with E-state index >= 15 is 0 Å². The third kappa shape index (κ3) is 3.52. The molecule has 20 heavy (non-hydrogen) atoms. The second-order valence-electron chi connectivity index (χ2n) is 5.23. The number of esters is 1. The van der Waals surface area contributed by atoms with Gasteiger partial charge in [0.1, 0.15) is 6.10 Å². The van der Waals surface area contributed by atoms with Crippen LogP contribution >= 0.6 is 0 Å². The number of rotatable bonds is 3. The van der Waals surface area contributed by atoms with Crippen molar-refractivity contribution >= 4 is 5.97 Å². The molecule has 110 valence electrons. The van der Waals surface area contributed by atoms with E-state index in [1.165, 1.54) is 12.1 Å². The maximum atomic E-state index is 12.6. The number of hydrogen-bond donors (Lipinski definition) is 0. The van der Waals surface area contributed by atoms with Crippen LogP contribution in [0.4, 0.5) is 13.2 Å². The minimum atomic E-state index is -4.45. The molecule has 5 heteroatoms. The Hall–Kier alpha value is -1.52. The number of hydrogen-bond acceptors (Lipinski definition) is 2. The lowest BCUT2D eigenvalue weighted by atomic mass is 10.0. The standard InChI is InChI=1S/C15H17F3O2/c1-10(11-5-2-3-6-11)20-14(19)12-7-4-8-13(9-12)15(16,17)18/h4,7-11H,2-3,5-6H2,1H3. The normalized spacial score (nSPS) is 18.0. The van der Waals surface area contributed by atoms with Gasteiger partial charge in [-0.25, -0.2) is 4.79 Å². The monoisotopic (exact) mass is 286 g/mol. The molecule has 1 fully saturated rings. The maximum Gasteiger partial charge on any atom is 0.416 e. The molecule has 0 spiro atoms. The lowest BCUT2D eigenvalue weighted by Crippen LogP contribution is -2.22. The van der Waals surface area contributed by atoms with Crippen LogP contribution in [0.5, 0.6) is 0 Å². The lowest BCUT2D eigenvalue weighted by molar-refractivity contribution is -0.137. The summed E-state index contributed by atoms with van der Waals surface area (Å²) in [6, 6.07) is 4.35. The van der Waals surface area contributed by atoms with Gasteiger partial charge in [0.05, 0.1) is 11.1 Å². The Balaban J connectivity index is 2.05. The first-order valence-electron chi connectivity index (χ1n) is 6.76. The lowest BCUT2D eigenvalue weighted by Gasteiger charge is -2.19. The Morgan fingerprint density at radius 1 is 1.30 bits per heavy atom. The Morgan fingerprint density at radius 2 is 1.95 bits per heavy atom. The van der Waals surface area contributed by atoms with Gasteiger partial charge in [-0.3, -0.25) is 0 Å². The van der Waals surface area contributed by atoms with Crippen molar-refractivity contribution < 1.29 is 22.7 Å². The van der Waals surface area contributed by atoms with Crippen molar-refractivity contribution in [2.45, 2.75) is 44.9 Å². The molecule has 0 saturated heterocycles. The van der Waals surface area contributed by atoms with E-state index in [1.54, 1.807) is 0 Å². The van der Waals surface area contributed by atoms with E-state index in [1.807, 2.05) is 6.92 Å². The van der Waals surface area contributed by atoms with Crippen LogP contribution in [0.15, 0.2) is 24.3 Å². The molecule has 0 heterocycles. The van der Waals surface area contributed by atoms with Gasteiger partial charge in [-0.2, -0.15) is 13.2 Å². The van der Waals surface area contributed by atoms with Crippen LogP contribution in [0, 0.1) is 5.92 Å². The third-order valence-electron chi connectivity index (χ3n) is 3.78. The van der Waals surface area contributed by atoms with Crippen LogP contribution in [0.3, 0.4) is 0 Å². The number of carbonyl (C=O) groups excluding carboxylic acids is 1. The smallest absolute Gasteiger partial charge is 0.416 e. The molecule has 0 bridgehead atoms. The average Bonchev–Trinajstić information content (AvgIpc) is 2.91. The molecule has 1 aromatic carbocycles. The molecule has 1 atom stereocenters. The molecule has 1 unspecified atom stereocenters. The van der Waals surface area contributed by atoms with Crippen LogP contribution in [-0.4, -0.2) is 12.1 Å². The van der Waals surface area contributed by atoms with E-state index in [-0.39, 0.29) is 11.7 Å². The molecule has 0 amide bonds. The zero-order valence-electron chi connectivity index (χ0n) is 11.2.